The number of carbonyl (C=O) groups is 4. The van der Waals surface area contributed by atoms with E-state index in [0.717, 1.165) is 6.07 Å². The van der Waals surface area contributed by atoms with Crippen molar-refractivity contribution in [2.75, 3.05) is 18.5 Å². The number of hydrogen-bond acceptors (Lipinski definition) is 5. The van der Waals surface area contributed by atoms with E-state index in [1.807, 2.05) is 0 Å². The molecule has 0 fully saturated rings. The molecule has 3 rings (SSSR count). The Labute approximate surface area is 153 Å². The molecule has 0 radical (unpaired) electrons. The van der Waals surface area contributed by atoms with Gasteiger partial charge in [-0.05, 0) is 31.2 Å². The molecule has 1 heterocycles. The van der Waals surface area contributed by atoms with Gasteiger partial charge in [-0.2, -0.15) is 0 Å². The second kappa shape index (κ2) is 7.36. The van der Waals surface area contributed by atoms with Gasteiger partial charge in [0.15, 0.2) is 0 Å². The summed E-state index contributed by atoms with van der Waals surface area (Å²) < 4.78 is 18.8. The molecule has 138 valence electrons. The van der Waals surface area contributed by atoms with Gasteiger partial charge in [0, 0.05) is 0 Å². The van der Waals surface area contributed by atoms with Crippen LogP contribution >= 0.6 is 0 Å². The van der Waals surface area contributed by atoms with Gasteiger partial charge in [0.05, 0.1) is 29.0 Å². The summed E-state index contributed by atoms with van der Waals surface area (Å²) in [6, 6.07) is 9.90. The summed E-state index contributed by atoms with van der Waals surface area (Å²) in [5.41, 5.74) is -0.105. The lowest BCUT2D eigenvalue weighted by Gasteiger charge is -2.15. The molecular formula is C19H15FN2O5. The number of nitrogens with zero attached hydrogens (tertiary/aromatic N) is 1. The molecule has 0 unspecified atom stereocenters. The third kappa shape index (κ3) is 3.41. The van der Waals surface area contributed by atoms with Crippen molar-refractivity contribution in [2.24, 2.45) is 0 Å². The Bertz CT molecular complexity index is 957. The first-order valence-electron chi connectivity index (χ1n) is 8.14. The van der Waals surface area contributed by atoms with Gasteiger partial charge in [-0.1, -0.05) is 18.2 Å². The van der Waals surface area contributed by atoms with E-state index in [9.17, 15) is 23.6 Å². The number of esters is 1. The molecule has 0 saturated carbocycles. The lowest BCUT2D eigenvalue weighted by atomic mass is 10.1. The van der Waals surface area contributed by atoms with Crippen LogP contribution in [0.3, 0.4) is 0 Å². The number of nitrogens with one attached hydrogen (secondary N) is 1. The van der Waals surface area contributed by atoms with Crippen LogP contribution in [0.1, 0.15) is 38.0 Å². The Hall–Kier alpha value is -3.55. The summed E-state index contributed by atoms with van der Waals surface area (Å²) in [6.07, 6.45) is 0. The van der Waals surface area contributed by atoms with Gasteiger partial charge >= 0.3 is 5.97 Å². The summed E-state index contributed by atoms with van der Waals surface area (Å²) in [5, 5.41) is 2.48. The van der Waals surface area contributed by atoms with E-state index in [1.54, 1.807) is 19.1 Å². The van der Waals surface area contributed by atoms with Crippen molar-refractivity contribution in [1.29, 1.82) is 0 Å². The molecule has 0 aliphatic carbocycles. The molecular weight excluding hydrogens is 355 g/mol. The van der Waals surface area contributed by atoms with E-state index in [-0.39, 0.29) is 29.0 Å². The number of imide groups is 1. The molecule has 1 aliphatic heterocycles. The highest BCUT2D eigenvalue weighted by Crippen LogP contribution is 2.25. The number of anilines is 1. The zero-order valence-electron chi connectivity index (χ0n) is 14.3. The lowest BCUT2D eigenvalue weighted by Crippen LogP contribution is -2.37. The first-order chi connectivity index (χ1) is 12.9. The van der Waals surface area contributed by atoms with Crippen molar-refractivity contribution in [2.45, 2.75) is 6.92 Å². The minimum absolute atomic E-state index is 0.0836. The van der Waals surface area contributed by atoms with Crippen LogP contribution in [0.4, 0.5) is 10.1 Å². The fourth-order valence-electron chi connectivity index (χ4n) is 2.75. The molecule has 8 heteroatoms. The van der Waals surface area contributed by atoms with E-state index in [4.69, 9.17) is 4.74 Å². The van der Waals surface area contributed by atoms with Crippen LogP contribution in [0.15, 0.2) is 42.5 Å². The molecule has 1 N–H and O–H groups in total. The van der Waals surface area contributed by atoms with Gasteiger partial charge in [0.25, 0.3) is 11.8 Å². The maximum absolute atomic E-state index is 13.8. The van der Waals surface area contributed by atoms with Crippen molar-refractivity contribution in [3.8, 4) is 0 Å². The number of ether oxygens (including phenoxy) is 1. The predicted octanol–water partition coefficient (Wildman–Crippen LogP) is 2.24. The molecule has 7 nitrogen and oxygen atoms in total. The second-order valence-electron chi connectivity index (χ2n) is 5.67. The number of fused-ring (bicyclic) bond motifs is 1. The lowest BCUT2D eigenvalue weighted by molar-refractivity contribution is -0.116. The third-order valence-electron chi connectivity index (χ3n) is 3.95. The van der Waals surface area contributed by atoms with E-state index < -0.39 is 36.1 Å². The molecule has 2 aromatic carbocycles. The van der Waals surface area contributed by atoms with Gasteiger partial charge < -0.3 is 10.1 Å². The smallest absolute Gasteiger partial charge is 0.340 e. The van der Waals surface area contributed by atoms with E-state index in [1.165, 1.54) is 24.3 Å². The van der Waals surface area contributed by atoms with E-state index in [2.05, 4.69) is 5.32 Å². The van der Waals surface area contributed by atoms with Crippen molar-refractivity contribution >= 4 is 29.4 Å². The van der Waals surface area contributed by atoms with Gasteiger partial charge in [0.2, 0.25) is 5.91 Å². The van der Waals surface area contributed by atoms with Crippen LogP contribution in [-0.2, 0) is 9.53 Å². The van der Waals surface area contributed by atoms with Crippen LogP contribution < -0.4 is 5.32 Å². The van der Waals surface area contributed by atoms with Crippen LogP contribution in [0.2, 0.25) is 0 Å². The van der Waals surface area contributed by atoms with Gasteiger partial charge in [0.1, 0.15) is 12.4 Å². The maximum Gasteiger partial charge on any atom is 0.340 e. The maximum atomic E-state index is 13.8. The highest BCUT2D eigenvalue weighted by Gasteiger charge is 2.38. The Morgan fingerprint density at radius 3 is 2.52 bits per heavy atom. The molecule has 2 aromatic rings. The highest BCUT2D eigenvalue weighted by atomic mass is 19.1. The Morgan fingerprint density at radius 2 is 1.81 bits per heavy atom. The number of para-hydroxylation sites is 1. The molecule has 0 aromatic heterocycles. The zero-order valence-corrected chi connectivity index (χ0v) is 14.3. The number of hydrogen-bond donors (Lipinski definition) is 1. The largest absolute Gasteiger partial charge is 0.462 e. The summed E-state index contributed by atoms with van der Waals surface area (Å²) in [5.74, 6) is -3.76. The minimum atomic E-state index is -0.873. The molecule has 0 saturated heterocycles. The number of benzene rings is 2. The quantitative estimate of drug-likeness (QED) is 0.644. The van der Waals surface area contributed by atoms with Gasteiger partial charge in [-0.25, -0.2) is 9.18 Å². The Balaban J connectivity index is 1.77. The van der Waals surface area contributed by atoms with Crippen LogP contribution in [0, 0.1) is 5.82 Å². The van der Waals surface area contributed by atoms with E-state index >= 15 is 0 Å². The first kappa shape index (κ1) is 18.2. The van der Waals surface area contributed by atoms with Crippen molar-refractivity contribution in [3.63, 3.8) is 0 Å². The van der Waals surface area contributed by atoms with Gasteiger partial charge in [-0.3, -0.25) is 19.3 Å². The predicted molar refractivity (Wildman–Crippen MR) is 92.8 cm³/mol. The average Bonchev–Trinajstić information content (AvgIpc) is 2.88. The summed E-state index contributed by atoms with van der Waals surface area (Å²) >= 11 is 0. The van der Waals surface area contributed by atoms with Crippen LogP contribution in [-0.4, -0.2) is 41.7 Å². The molecule has 0 bridgehead atoms. The van der Waals surface area contributed by atoms with E-state index in [0.29, 0.717) is 4.90 Å². The monoisotopic (exact) mass is 370 g/mol. The van der Waals surface area contributed by atoms with Crippen molar-refractivity contribution < 1.29 is 28.3 Å². The Morgan fingerprint density at radius 1 is 1.07 bits per heavy atom. The molecule has 0 spiro atoms. The SMILES string of the molecule is CCOC(=O)c1ccccc1NC(=O)CN1C(=O)c2cccc(F)c2C1=O. The Kier molecular flexibility index (Phi) is 4.98. The van der Waals surface area contributed by atoms with Crippen LogP contribution in [0.25, 0.3) is 0 Å². The van der Waals surface area contributed by atoms with Crippen LogP contribution in [0.5, 0.6) is 0 Å². The van der Waals surface area contributed by atoms with Crippen molar-refractivity contribution in [3.05, 3.63) is 65.0 Å². The fraction of sp³-hybridized carbons (Fsp3) is 0.158. The number of carbonyl (C=O) groups excluding carboxylic acids is 4. The molecule has 27 heavy (non-hydrogen) atoms. The average molecular weight is 370 g/mol. The van der Waals surface area contributed by atoms with Crippen molar-refractivity contribution in [1.82, 2.24) is 4.90 Å². The molecule has 1 aliphatic rings. The normalized spacial score (nSPS) is 12.7. The zero-order chi connectivity index (χ0) is 19.6. The van der Waals surface area contributed by atoms with Gasteiger partial charge in [-0.15, -0.1) is 0 Å². The number of halogens is 1. The number of rotatable bonds is 5. The standard InChI is InChI=1S/C19H15FN2O5/c1-2-27-19(26)11-6-3-4-9-14(11)21-15(23)10-22-17(24)12-7-5-8-13(20)16(12)18(22)25/h3-9H,2,10H2,1H3,(H,21,23). The summed E-state index contributed by atoms with van der Waals surface area (Å²) in [7, 11) is 0. The second-order valence-corrected chi connectivity index (χ2v) is 5.67. The minimum Gasteiger partial charge on any atom is -0.462 e. The topological polar surface area (TPSA) is 92.8 Å². The first-order valence-corrected chi connectivity index (χ1v) is 8.14. The summed E-state index contributed by atoms with van der Waals surface area (Å²) in [6.45, 7) is 1.21. The highest BCUT2D eigenvalue weighted by molar-refractivity contribution is 6.22. The molecule has 0 atom stereocenters. The number of amides is 3. The fourth-order valence-corrected chi connectivity index (χ4v) is 2.75. The summed E-state index contributed by atoms with van der Waals surface area (Å²) in [4.78, 5) is 49.5. The molecule has 3 amide bonds. The third-order valence-corrected chi connectivity index (χ3v) is 3.95.